The first kappa shape index (κ1) is 12.4. The third-order valence-corrected chi connectivity index (χ3v) is 2.06. The number of likely N-dealkylation sites (N-methyl/N-ethyl adjacent to an activating group) is 1. The Morgan fingerprint density at radius 2 is 2.23 bits per heavy atom. The van der Waals surface area contributed by atoms with Gasteiger partial charge < -0.3 is 15.4 Å². The van der Waals surface area contributed by atoms with E-state index in [-0.39, 0.29) is 11.9 Å². The molecule has 0 spiro atoms. The Balaban J connectivity index is 3.79. The molecule has 0 bridgehead atoms. The first-order valence-corrected chi connectivity index (χ1v) is 4.58. The summed E-state index contributed by atoms with van der Waals surface area (Å²) in [6.45, 7) is 3.10. The summed E-state index contributed by atoms with van der Waals surface area (Å²) in [6.07, 6.45) is 1.28. The van der Waals surface area contributed by atoms with Crippen molar-refractivity contribution in [3.63, 3.8) is 0 Å². The van der Waals surface area contributed by atoms with Crippen LogP contribution in [0.25, 0.3) is 0 Å². The summed E-state index contributed by atoms with van der Waals surface area (Å²) in [5.74, 6) is 0.134. The standard InChI is InChI=1S/C9H20N2O2/c1-8(7-13-3)11(2)9(12)5-4-6-10/h8H,4-7,10H2,1-3H3. The summed E-state index contributed by atoms with van der Waals surface area (Å²) in [5, 5.41) is 0. The topological polar surface area (TPSA) is 55.6 Å². The zero-order valence-corrected chi connectivity index (χ0v) is 8.75. The third kappa shape index (κ3) is 4.85. The number of hydrogen-bond acceptors (Lipinski definition) is 3. The number of amides is 1. The predicted molar refractivity (Wildman–Crippen MR) is 52.4 cm³/mol. The highest BCUT2D eigenvalue weighted by Crippen LogP contribution is 2.00. The highest BCUT2D eigenvalue weighted by Gasteiger charge is 2.14. The second kappa shape index (κ2) is 6.86. The van der Waals surface area contributed by atoms with E-state index in [9.17, 15) is 4.79 Å². The Hall–Kier alpha value is -0.610. The van der Waals surface area contributed by atoms with Gasteiger partial charge in [-0.1, -0.05) is 0 Å². The molecule has 0 aliphatic rings. The fraction of sp³-hybridized carbons (Fsp3) is 0.889. The molecular formula is C9H20N2O2. The van der Waals surface area contributed by atoms with Gasteiger partial charge in [-0.15, -0.1) is 0 Å². The molecule has 13 heavy (non-hydrogen) atoms. The lowest BCUT2D eigenvalue weighted by molar-refractivity contribution is -0.132. The average Bonchev–Trinajstić information content (AvgIpc) is 2.13. The predicted octanol–water partition coefficient (Wildman–Crippen LogP) is 0.219. The SMILES string of the molecule is COCC(C)N(C)C(=O)CCCN. The van der Waals surface area contributed by atoms with E-state index in [2.05, 4.69) is 0 Å². The summed E-state index contributed by atoms with van der Waals surface area (Å²) in [7, 11) is 3.43. The molecule has 0 saturated heterocycles. The van der Waals surface area contributed by atoms with E-state index in [1.165, 1.54) is 0 Å². The molecule has 0 fully saturated rings. The van der Waals surface area contributed by atoms with Gasteiger partial charge in [-0.25, -0.2) is 0 Å². The summed E-state index contributed by atoms with van der Waals surface area (Å²) in [6, 6.07) is 0.135. The van der Waals surface area contributed by atoms with Crippen LogP contribution < -0.4 is 5.73 Å². The summed E-state index contributed by atoms with van der Waals surface area (Å²) in [4.78, 5) is 13.1. The minimum Gasteiger partial charge on any atom is -0.383 e. The Bertz CT molecular complexity index is 151. The number of hydrogen-bond donors (Lipinski definition) is 1. The van der Waals surface area contributed by atoms with E-state index >= 15 is 0 Å². The Morgan fingerprint density at radius 1 is 1.62 bits per heavy atom. The van der Waals surface area contributed by atoms with Gasteiger partial charge in [0.05, 0.1) is 12.6 Å². The molecule has 0 radical (unpaired) electrons. The quantitative estimate of drug-likeness (QED) is 0.648. The van der Waals surface area contributed by atoms with Crippen LogP contribution in [0, 0.1) is 0 Å². The van der Waals surface area contributed by atoms with Crippen molar-refractivity contribution in [2.45, 2.75) is 25.8 Å². The minimum absolute atomic E-state index is 0.134. The molecule has 0 aliphatic heterocycles. The zero-order chi connectivity index (χ0) is 10.3. The molecule has 0 saturated carbocycles. The Labute approximate surface area is 80.0 Å². The van der Waals surface area contributed by atoms with Crippen molar-refractivity contribution < 1.29 is 9.53 Å². The van der Waals surface area contributed by atoms with Gasteiger partial charge in [0, 0.05) is 20.6 Å². The molecule has 1 amide bonds. The van der Waals surface area contributed by atoms with Crippen LogP contribution in [0.3, 0.4) is 0 Å². The Kier molecular flexibility index (Phi) is 6.54. The minimum atomic E-state index is 0.134. The zero-order valence-electron chi connectivity index (χ0n) is 8.75. The molecule has 0 aromatic heterocycles. The summed E-state index contributed by atoms with van der Waals surface area (Å²) in [5.41, 5.74) is 5.32. The van der Waals surface area contributed by atoms with Crippen LogP contribution in [0.1, 0.15) is 19.8 Å². The average molecular weight is 188 g/mol. The third-order valence-electron chi connectivity index (χ3n) is 2.06. The van der Waals surface area contributed by atoms with Crippen LogP contribution in [-0.2, 0) is 9.53 Å². The number of nitrogens with two attached hydrogens (primary N) is 1. The van der Waals surface area contributed by atoms with E-state index < -0.39 is 0 Å². The monoisotopic (exact) mass is 188 g/mol. The van der Waals surface area contributed by atoms with E-state index in [0.717, 1.165) is 6.42 Å². The highest BCUT2D eigenvalue weighted by molar-refractivity contribution is 5.76. The molecule has 0 rings (SSSR count). The molecule has 0 heterocycles. The van der Waals surface area contributed by atoms with Crippen molar-refractivity contribution in [1.29, 1.82) is 0 Å². The summed E-state index contributed by atoms with van der Waals surface area (Å²) < 4.78 is 4.96. The van der Waals surface area contributed by atoms with Gasteiger partial charge in [-0.05, 0) is 19.9 Å². The van der Waals surface area contributed by atoms with Crippen molar-refractivity contribution in [3.05, 3.63) is 0 Å². The highest BCUT2D eigenvalue weighted by atomic mass is 16.5. The molecule has 0 aliphatic carbocycles. The first-order chi connectivity index (χ1) is 6.13. The molecule has 4 nitrogen and oxygen atoms in total. The van der Waals surface area contributed by atoms with Gasteiger partial charge in [-0.2, -0.15) is 0 Å². The fourth-order valence-corrected chi connectivity index (χ4v) is 1.03. The van der Waals surface area contributed by atoms with Gasteiger partial charge in [0.15, 0.2) is 0 Å². The van der Waals surface area contributed by atoms with E-state index in [1.54, 1.807) is 19.1 Å². The van der Waals surface area contributed by atoms with Crippen molar-refractivity contribution in [3.8, 4) is 0 Å². The molecule has 1 atom stereocenters. The molecule has 78 valence electrons. The maximum atomic E-state index is 11.4. The van der Waals surface area contributed by atoms with Crippen molar-refractivity contribution in [1.82, 2.24) is 4.90 Å². The largest absolute Gasteiger partial charge is 0.383 e. The number of carbonyl (C=O) groups is 1. The van der Waals surface area contributed by atoms with Gasteiger partial charge >= 0.3 is 0 Å². The number of ether oxygens (including phenoxy) is 1. The number of rotatable bonds is 6. The molecule has 4 heteroatoms. The lowest BCUT2D eigenvalue weighted by Gasteiger charge is -2.24. The van der Waals surface area contributed by atoms with Crippen LogP contribution in [-0.4, -0.2) is 44.2 Å². The Morgan fingerprint density at radius 3 is 2.69 bits per heavy atom. The maximum Gasteiger partial charge on any atom is 0.222 e. The normalized spacial score (nSPS) is 12.6. The molecule has 1 unspecified atom stereocenters. The molecule has 0 aromatic rings. The van der Waals surface area contributed by atoms with Crippen LogP contribution in [0.15, 0.2) is 0 Å². The van der Waals surface area contributed by atoms with E-state index in [4.69, 9.17) is 10.5 Å². The maximum absolute atomic E-state index is 11.4. The fourth-order valence-electron chi connectivity index (χ4n) is 1.03. The summed E-state index contributed by atoms with van der Waals surface area (Å²) >= 11 is 0. The molecular weight excluding hydrogens is 168 g/mol. The molecule has 0 aromatic carbocycles. The van der Waals surface area contributed by atoms with Crippen LogP contribution in [0.2, 0.25) is 0 Å². The lowest BCUT2D eigenvalue weighted by Crippen LogP contribution is -2.37. The van der Waals surface area contributed by atoms with E-state index in [0.29, 0.717) is 19.6 Å². The van der Waals surface area contributed by atoms with Crippen molar-refractivity contribution in [2.75, 3.05) is 27.3 Å². The van der Waals surface area contributed by atoms with Crippen LogP contribution in [0.4, 0.5) is 0 Å². The van der Waals surface area contributed by atoms with Crippen molar-refractivity contribution in [2.24, 2.45) is 5.73 Å². The lowest BCUT2D eigenvalue weighted by atomic mass is 10.2. The van der Waals surface area contributed by atoms with Gasteiger partial charge in [0.25, 0.3) is 0 Å². The van der Waals surface area contributed by atoms with Crippen LogP contribution >= 0.6 is 0 Å². The number of carbonyl (C=O) groups excluding carboxylic acids is 1. The first-order valence-electron chi connectivity index (χ1n) is 4.58. The van der Waals surface area contributed by atoms with Gasteiger partial charge in [0.1, 0.15) is 0 Å². The number of nitrogens with zero attached hydrogens (tertiary/aromatic N) is 1. The van der Waals surface area contributed by atoms with Gasteiger partial charge in [-0.3, -0.25) is 4.79 Å². The van der Waals surface area contributed by atoms with E-state index in [1.807, 2.05) is 6.92 Å². The van der Waals surface area contributed by atoms with Gasteiger partial charge in [0.2, 0.25) is 5.91 Å². The molecule has 2 N–H and O–H groups in total. The van der Waals surface area contributed by atoms with Crippen LogP contribution in [0.5, 0.6) is 0 Å². The van der Waals surface area contributed by atoms with Crippen molar-refractivity contribution >= 4 is 5.91 Å². The second-order valence-electron chi connectivity index (χ2n) is 3.20. The second-order valence-corrected chi connectivity index (χ2v) is 3.20. The number of methoxy groups -OCH3 is 1. The smallest absolute Gasteiger partial charge is 0.222 e.